The Balaban J connectivity index is 3.28. The molecule has 0 saturated carbocycles. The molecule has 1 aromatic heterocycles. The minimum atomic E-state index is -0.419. The zero-order valence-corrected chi connectivity index (χ0v) is 6.04. The smallest absolute Gasteiger partial charge is 0.256 e. The first-order valence-electron chi connectivity index (χ1n) is 3.15. The minimum Gasteiger partial charge on any atom is -0.409 e. The maximum absolute atomic E-state index is 11.0. The van der Waals surface area contributed by atoms with E-state index in [1.807, 2.05) is 0 Å². The highest BCUT2D eigenvalue weighted by molar-refractivity contribution is 6.27. The van der Waals surface area contributed by atoms with Crippen LogP contribution in [0.2, 0.25) is 0 Å². The fraction of sp³-hybridized carbons (Fsp3) is 0. The van der Waals surface area contributed by atoms with Gasteiger partial charge in [-0.3, -0.25) is 14.2 Å². The highest BCUT2D eigenvalue weighted by atomic mass is 16.4. The summed E-state index contributed by atoms with van der Waals surface area (Å²) in [6.45, 7) is 0. The maximum Gasteiger partial charge on any atom is 0.256 e. The van der Waals surface area contributed by atoms with Crippen molar-refractivity contribution >= 4 is 12.1 Å². The van der Waals surface area contributed by atoms with E-state index < -0.39 is 5.56 Å². The van der Waals surface area contributed by atoms with Crippen LogP contribution in [0.4, 0.5) is 0 Å². The van der Waals surface area contributed by atoms with E-state index in [1.165, 1.54) is 18.3 Å². The zero-order valence-electron chi connectivity index (χ0n) is 6.04. The number of oxime groups is 1. The van der Waals surface area contributed by atoms with Gasteiger partial charge < -0.3 is 5.21 Å². The minimum absolute atomic E-state index is 0.293. The van der Waals surface area contributed by atoms with Gasteiger partial charge in [-0.05, 0) is 6.07 Å². The average molecular weight is 166 g/mol. The van der Waals surface area contributed by atoms with Gasteiger partial charge in [-0.15, -0.1) is 0 Å². The third kappa shape index (κ3) is 1.39. The number of rotatable bonds is 1. The number of carbonyl (C=O) groups excluding carboxylic acids is 1. The second-order valence-electron chi connectivity index (χ2n) is 1.98. The standard InChI is InChI=1S/C7H6N2O3/c10-5-6(8-12)9-4-2-1-3-7(9)11/h1-5,12H/b8-6+. The third-order valence-corrected chi connectivity index (χ3v) is 1.28. The predicted octanol–water partition coefficient (Wildman–Crippen LogP) is -0.317. The van der Waals surface area contributed by atoms with Crippen molar-refractivity contribution in [2.45, 2.75) is 0 Å². The first kappa shape index (κ1) is 8.19. The van der Waals surface area contributed by atoms with Crippen LogP contribution < -0.4 is 5.56 Å². The number of carbonyl (C=O) groups is 1. The summed E-state index contributed by atoms with van der Waals surface area (Å²) in [5, 5.41) is 11.0. The molecule has 0 aliphatic carbocycles. The monoisotopic (exact) mass is 166 g/mol. The lowest BCUT2D eigenvalue weighted by Crippen LogP contribution is -2.26. The lowest BCUT2D eigenvalue weighted by atomic mass is 10.4. The Labute approximate surface area is 67.6 Å². The number of pyridine rings is 1. The van der Waals surface area contributed by atoms with E-state index in [9.17, 15) is 9.59 Å². The molecule has 1 aromatic rings. The number of aldehydes is 1. The van der Waals surface area contributed by atoms with Gasteiger partial charge in [0.25, 0.3) is 5.56 Å². The van der Waals surface area contributed by atoms with Gasteiger partial charge in [0.05, 0.1) is 0 Å². The van der Waals surface area contributed by atoms with Crippen molar-refractivity contribution in [2.75, 3.05) is 0 Å². The van der Waals surface area contributed by atoms with Crippen molar-refractivity contribution < 1.29 is 10.0 Å². The summed E-state index contributed by atoms with van der Waals surface area (Å²) in [5.74, 6) is -0.333. The summed E-state index contributed by atoms with van der Waals surface area (Å²) in [4.78, 5) is 21.2. The van der Waals surface area contributed by atoms with Gasteiger partial charge in [0.2, 0.25) is 5.84 Å². The van der Waals surface area contributed by atoms with Crippen molar-refractivity contribution in [3.05, 3.63) is 34.7 Å². The Bertz CT molecular complexity index is 367. The van der Waals surface area contributed by atoms with Crippen LogP contribution in [0.25, 0.3) is 0 Å². The number of aromatic nitrogens is 1. The molecule has 0 spiro atoms. The first-order valence-corrected chi connectivity index (χ1v) is 3.15. The van der Waals surface area contributed by atoms with E-state index in [2.05, 4.69) is 5.16 Å². The molecule has 1 N–H and O–H groups in total. The lowest BCUT2D eigenvalue weighted by Gasteiger charge is -1.98. The van der Waals surface area contributed by atoms with Gasteiger partial charge >= 0.3 is 0 Å². The summed E-state index contributed by atoms with van der Waals surface area (Å²) >= 11 is 0. The summed E-state index contributed by atoms with van der Waals surface area (Å²) in [5.41, 5.74) is -0.419. The predicted molar refractivity (Wildman–Crippen MR) is 41.4 cm³/mol. The van der Waals surface area contributed by atoms with Crippen LogP contribution in [0, 0.1) is 0 Å². The van der Waals surface area contributed by atoms with E-state index in [0.29, 0.717) is 6.29 Å². The molecule has 0 unspecified atom stereocenters. The van der Waals surface area contributed by atoms with Crippen molar-refractivity contribution in [1.29, 1.82) is 0 Å². The molecule has 0 fully saturated rings. The Hall–Kier alpha value is -1.91. The van der Waals surface area contributed by atoms with Gasteiger partial charge in [-0.25, -0.2) is 0 Å². The van der Waals surface area contributed by atoms with Gasteiger partial charge in [0.15, 0.2) is 6.29 Å². The van der Waals surface area contributed by atoms with Crippen molar-refractivity contribution in [3.8, 4) is 0 Å². The van der Waals surface area contributed by atoms with Crippen LogP contribution in [0.5, 0.6) is 0 Å². The molecular formula is C7H6N2O3. The number of hydrogen-bond acceptors (Lipinski definition) is 4. The Morgan fingerprint density at radius 2 is 2.33 bits per heavy atom. The fourth-order valence-corrected chi connectivity index (χ4v) is 0.745. The Morgan fingerprint density at radius 3 is 2.83 bits per heavy atom. The average Bonchev–Trinajstić information content (AvgIpc) is 2.10. The van der Waals surface area contributed by atoms with Gasteiger partial charge in [-0.2, -0.15) is 0 Å². The van der Waals surface area contributed by atoms with Gasteiger partial charge in [0, 0.05) is 12.3 Å². The lowest BCUT2D eigenvalue weighted by molar-refractivity contribution is -0.103. The van der Waals surface area contributed by atoms with Crippen LogP contribution >= 0.6 is 0 Å². The van der Waals surface area contributed by atoms with Crippen LogP contribution in [0.15, 0.2) is 34.3 Å². The molecular weight excluding hydrogens is 160 g/mol. The molecule has 0 aliphatic heterocycles. The van der Waals surface area contributed by atoms with Crippen LogP contribution in [0.1, 0.15) is 0 Å². The van der Waals surface area contributed by atoms with Gasteiger partial charge in [-0.1, -0.05) is 11.2 Å². The van der Waals surface area contributed by atoms with Crippen LogP contribution in [0.3, 0.4) is 0 Å². The van der Waals surface area contributed by atoms with Crippen molar-refractivity contribution in [3.63, 3.8) is 0 Å². The van der Waals surface area contributed by atoms with Crippen molar-refractivity contribution in [1.82, 2.24) is 4.57 Å². The van der Waals surface area contributed by atoms with E-state index in [-0.39, 0.29) is 5.84 Å². The molecule has 1 rings (SSSR count). The molecule has 0 bridgehead atoms. The normalized spacial score (nSPS) is 11.2. The molecule has 0 aliphatic rings. The van der Waals surface area contributed by atoms with E-state index in [4.69, 9.17) is 5.21 Å². The second kappa shape index (κ2) is 3.47. The highest BCUT2D eigenvalue weighted by Gasteiger charge is 2.01. The molecule has 0 atom stereocenters. The molecule has 5 nitrogen and oxygen atoms in total. The van der Waals surface area contributed by atoms with Crippen molar-refractivity contribution in [2.24, 2.45) is 5.16 Å². The largest absolute Gasteiger partial charge is 0.409 e. The molecule has 0 aromatic carbocycles. The molecule has 0 saturated heterocycles. The quantitative estimate of drug-likeness (QED) is 0.204. The number of nitrogens with zero attached hydrogens (tertiary/aromatic N) is 2. The Morgan fingerprint density at radius 1 is 1.58 bits per heavy atom. The summed E-state index contributed by atoms with van der Waals surface area (Å²) in [6, 6.07) is 4.34. The molecule has 62 valence electrons. The maximum atomic E-state index is 11.0. The summed E-state index contributed by atoms with van der Waals surface area (Å²) in [7, 11) is 0. The fourth-order valence-electron chi connectivity index (χ4n) is 0.745. The van der Waals surface area contributed by atoms with E-state index in [1.54, 1.807) is 6.07 Å². The summed E-state index contributed by atoms with van der Waals surface area (Å²) < 4.78 is 0.938. The molecule has 5 heteroatoms. The van der Waals surface area contributed by atoms with Gasteiger partial charge in [0.1, 0.15) is 0 Å². The van der Waals surface area contributed by atoms with Crippen LogP contribution in [-0.2, 0) is 4.79 Å². The van der Waals surface area contributed by atoms with E-state index >= 15 is 0 Å². The zero-order chi connectivity index (χ0) is 8.97. The number of hydrogen-bond donors (Lipinski definition) is 1. The second-order valence-corrected chi connectivity index (χ2v) is 1.98. The summed E-state index contributed by atoms with van der Waals surface area (Å²) in [6.07, 6.45) is 1.63. The van der Waals surface area contributed by atoms with Crippen LogP contribution in [-0.4, -0.2) is 21.9 Å². The molecule has 0 radical (unpaired) electrons. The first-order chi connectivity index (χ1) is 5.79. The third-order valence-electron chi connectivity index (χ3n) is 1.28. The molecule has 12 heavy (non-hydrogen) atoms. The Kier molecular flexibility index (Phi) is 2.37. The molecule has 1 heterocycles. The van der Waals surface area contributed by atoms with E-state index in [0.717, 1.165) is 4.57 Å². The highest BCUT2D eigenvalue weighted by Crippen LogP contribution is 1.81. The SMILES string of the molecule is O=C/C(=N\O)n1ccccc1=O. The molecule has 0 amide bonds. The topological polar surface area (TPSA) is 71.7 Å².